The van der Waals surface area contributed by atoms with E-state index in [1.165, 1.54) is 26.2 Å². The number of rotatable bonds is 4. The molecule has 0 spiro atoms. The highest BCUT2D eigenvalue weighted by Gasteiger charge is 2.64. The average Bonchev–Trinajstić information content (AvgIpc) is 3.07. The number of allylic oxidation sites excluding steroid dienone is 1. The molecule has 0 heterocycles. The molecule has 5 nitrogen and oxygen atoms in total. The highest BCUT2D eigenvalue weighted by atomic mass is 32.2. The van der Waals surface area contributed by atoms with Gasteiger partial charge in [-0.15, -0.1) is 0 Å². The van der Waals surface area contributed by atoms with Crippen molar-refractivity contribution >= 4 is 28.6 Å². The number of hydrogen-bond donors (Lipinski definition) is 2. The molecule has 0 aromatic rings. The van der Waals surface area contributed by atoms with Gasteiger partial charge >= 0.3 is 5.97 Å². The molecule has 0 bridgehead atoms. The Morgan fingerprint density at radius 1 is 1.17 bits per heavy atom. The topological polar surface area (TPSA) is 91.7 Å². The summed E-state index contributed by atoms with van der Waals surface area (Å²) in [7, 11) is 0. The first-order valence-electron chi connectivity index (χ1n) is 11.4. The highest BCUT2D eigenvalue weighted by molar-refractivity contribution is 8.14. The van der Waals surface area contributed by atoms with Gasteiger partial charge < -0.3 is 10.2 Å². The standard InChI is InChI=1S/C24H34O5S/c1-14(25)30-21-23(3)15(13-19(26)24(21,29)12-9-20(27)28)6-7-16-17-5-4-10-22(17,2)11-8-18(16)23/h13,16-18,21,29H,4-12H2,1-3H3,(H,27,28)/t16-,17-,18-,21?,22-,23-,24?/m0/s1. The summed E-state index contributed by atoms with van der Waals surface area (Å²) >= 11 is 1.06. The third-order valence-corrected chi connectivity index (χ3v) is 10.6. The van der Waals surface area contributed by atoms with Crippen molar-refractivity contribution < 1.29 is 24.6 Å². The summed E-state index contributed by atoms with van der Waals surface area (Å²) in [6.45, 7) is 6.05. The smallest absolute Gasteiger partial charge is 0.303 e. The van der Waals surface area contributed by atoms with Crippen LogP contribution in [0.1, 0.15) is 78.6 Å². The molecule has 7 atom stereocenters. The van der Waals surface area contributed by atoms with Crippen LogP contribution in [0.3, 0.4) is 0 Å². The zero-order valence-corrected chi connectivity index (χ0v) is 19.1. The van der Waals surface area contributed by atoms with Crippen molar-refractivity contribution in [2.24, 2.45) is 28.6 Å². The second kappa shape index (κ2) is 7.47. The van der Waals surface area contributed by atoms with Gasteiger partial charge in [-0.1, -0.05) is 37.6 Å². The van der Waals surface area contributed by atoms with Crippen molar-refractivity contribution in [3.05, 3.63) is 11.6 Å². The quantitative estimate of drug-likeness (QED) is 0.683. The molecule has 2 N–H and O–H groups in total. The van der Waals surface area contributed by atoms with Gasteiger partial charge in [-0.2, -0.15) is 0 Å². The third kappa shape index (κ3) is 3.21. The maximum Gasteiger partial charge on any atom is 0.303 e. The first-order chi connectivity index (χ1) is 14.0. The van der Waals surface area contributed by atoms with Crippen molar-refractivity contribution in [2.75, 3.05) is 0 Å². The number of carbonyl (C=O) groups is 3. The predicted molar refractivity (Wildman–Crippen MR) is 116 cm³/mol. The molecule has 166 valence electrons. The lowest BCUT2D eigenvalue weighted by Gasteiger charge is -2.61. The van der Waals surface area contributed by atoms with Gasteiger partial charge in [-0.25, -0.2) is 0 Å². The molecule has 4 aliphatic rings. The summed E-state index contributed by atoms with van der Waals surface area (Å²) in [5.41, 5.74) is -0.823. The molecule has 0 aromatic heterocycles. The van der Waals surface area contributed by atoms with E-state index in [2.05, 4.69) is 13.8 Å². The van der Waals surface area contributed by atoms with Crippen LogP contribution in [-0.2, 0) is 14.4 Å². The number of carboxylic acid groups (broad SMARTS) is 1. The molecular weight excluding hydrogens is 400 g/mol. The molecule has 0 amide bonds. The van der Waals surface area contributed by atoms with E-state index in [0.717, 1.165) is 43.0 Å². The average molecular weight is 435 g/mol. The van der Waals surface area contributed by atoms with Crippen molar-refractivity contribution in [3.63, 3.8) is 0 Å². The van der Waals surface area contributed by atoms with Crippen LogP contribution in [0.2, 0.25) is 0 Å². The van der Waals surface area contributed by atoms with Gasteiger partial charge in [-0.3, -0.25) is 14.4 Å². The summed E-state index contributed by atoms with van der Waals surface area (Å²) in [6, 6.07) is 0. The van der Waals surface area contributed by atoms with Gasteiger partial charge in [0.05, 0.1) is 5.25 Å². The Morgan fingerprint density at radius 3 is 2.57 bits per heavy atom. The predicted octanol–water partition coefficient (Wildman–Crippen LogP) is 4.37. The fourth-order valence-electron chi connectivity index (χ4n) is 7.69. The number of hydrogen-bond acceptors (Lipinski definition) is 5. The van der Waals surface area contributed by atoms with E-state index in [4.69, 9.17) is 0 Å². The normalized spacial score (nSPS) is 45.2. The Kier molecular flexibility index (Phi) is 5.50. The van der Waals surface area contributed by atoms with Gasteiger partial charge in [0, 0.05) is 18.8 Å². The number of carboxylic acids is 1. The van der Waals surface area contributed by atoms with Gasteiger partial charge in [0.2, 0.25) is 0 Å². The lowest BCUT2D eigenvalue weighted by Crippen LogP contribution is -2.63. The summed E-state index contributed by atoms with van der Waals surface area (Å²) in [4.78, 5) is 36.6. The SMILES string of the molecule is CC(=O)SC1C(O)(CCC(=O)O)C(=O)C=C2CC[C@H]3[C@@H]4CCC[C@@]4(C)CC[C@@H]3[C@]21C. The minimum absolute atomic E-state index is 0.132. The van der Waals surface area contributed by atoms with E-state index >= 15 is 0 Å². The lowest BCUT2D eigenvalue weighted by atomic mass is 9.46. The molecule has 0 aliphatic heterocycles. The van der Waals surface area contributed by atoms with Crippen molar-refractivity contribution in [2.45, 2.75) is 89.4 Å². The van der Waals surface area contributed by atoms with Crippen molar-refractivity contribution in [1.82, 2.24) is 0 Å². The zero-order chi connectivity index (χ0) is 21.9. The number of thioether (sulfide) groups is 1. The summed E-state index contributed by atoms with van der Waals surface area (Å²) in [5, 5.41) is 20.1. The number of fused-ring (bicyclic) bond motifs is 5. The fraction of sp³-hybridized carbons (Fsp3) is 0.792. The first-order valence-corrected chi connectivity index (χ1v) is 12.3. The van der Waals surface area contributed by atoms with Crippen LogP contribution in [0.5, 0.6) is 0 Å². The number of ketones is 1. The van der Waals surface area contributed by atoms with Crippen LogP contribution < -0.4 is 0 Å². The van der Waals surface area contributed by atoms with E-state index in [1.807, 2.05) is 0 Å². The Balaban J connectivity index is 1.78. The Bertz CT molecular complexity index is 805. The summed E-state index contributed by atoms with van der Waals surface area (Å²) in [6.07, 6.45) is 9.09. The Morgan fingerprint density at radius 2 is 1.90 bits per heavy atom. The molecule has 0 saturated heterocycles. The molecule has 6 heteroatoms. The van der Waals surface area contributed by atoms with E-state index in [0.29, 0.717) is 23.2 Å². The molecule has 3 saturated carbocycles. The molecule has 3 fully saturated rings. The van der Waals surface area contributed by atoms with Crippen LogP contribution in [0.4, 0.5) is 0 Å². The van der Waals surface area contributed by atoms with E-state index in [9.17, 15) is 24.6 Å². The molecule has 4 aliphatic carbocycles. The fourth-order valence-corrected chi connectivity index (χ4v) is 9.03. The Hall–Kier alpha value is -1.14. The molecule has 0 radical (unpaired) electrons. The van der Waals surface area contributed by atoms with E-state index in [-0.39, 0.29) is 18.0 Å². The van der Waals surface area contributed by atoms with Crippen LogP contribution in [0.25, 0.3) is 0 Å². The van der Waals surface area contributed by atoms with E-state index in [1.54, 1.807) is 6.08 Å². The minimum atomic E-state index is -1.81. The van der Waals surface area contributed by atoms with Gasteiger partial charge in [-0.05, 0) is 74.2 Å². The first kappa shape index (κ1) is 22.1. The second-order valence-corrected chi connectivity index (χ2v) is 11.9. The van der Waals surface area contributed by atoms with Crippen LogP contribution in [-0.4, -0.2) is 37.9 Å². The molecular formula is C24H34O5S. The summed E-state index contributed by atoms with van der Waals surface area (Å²) in [5.74, 6) is 0.0660. The van der Waals surface area contributed by atoms with Crippen LogP contribution >= 0.6 is 11.8 Å². The maximum atomic E-state index is 13.1. The van der Waals surface area contributed by atoms with Crippen molar-refractivity contribution in [1.29, 1.82) is 0 Å². The Labute approximate surface area is 183 Å². The molecule has 0 aromatic carbocycles. The zero-order valence-electron chi connectivity index (χ0n) is 18.3. The number of carbonyl (C=O) groups excluding carboxylic acids is 2. The number of aliphatic carboxylic acids is 1. The van der Waals surface area contributed by atoms with Crippen LogP contribution in [0, 0.1) is 28.6 Å². The monoisotopic (exact) mass is 434 g/mol. The largest absolute Gasteiger partial charge is 0.481 e. The molecule has 2 unspecified atom stereocenters. The van der Waals surface area contributed by atoms with Gasteiger partial charge in [0.25, 0.3) is 0 Å². The minimum Gasteiger partial charge on any atom is -0.481 e. The van der Waals surface area contributed by atoms with Crippen LogP contribution in [0.15, 0.2) is 11.6 Å². The third-order valence-electron chi connectivity index (χ3n) is 9.14. The van der Waals surface area contributed by atoms with Crippen molar-refractivity contribution in [3.8, 4) is 0 Å². The highest BCUT2D eigenvalue weighted by Crippen LogP contribution is 2.67. The lowest BCUT2D eigenvalue weighted by molar-refractivity contribution is -0.146. The molecule has 30 heavy (non-hydrogen) atoms. The molecule has 4 rings (SSSR count). The van der Waals surface area contributed by atoms with Gasteiger partial charge in [0.15, 0.2) is 10.9 Å². The second-order valence-electron chi connectivity index (χ2n) is 10.6. The van der Waals surface area contributed by atoms with E-state index < -0.39 is 28.0 Å². The summed E-state index contributed by atoms with van der Waals surface area (Å²) < 4.78 is 0. The van der Waals surface area contributed by atoms with Gasteiger partial charge in [0.1, 0.15) is 5.60 Å². The number of aliphatic hydroxyl groups is 1. The maximum absolute atomic E-state index is 13.1.